The molecule has 0 bridgehead atoms. The first-order chi connectivity index (χ1) is 7.27. The van der Waals surface area contributed by atoms with E-state index in [0.29, 0.717) is 13.0 Å². The van der Waals surface area contributed by atoms with Crippen LogP contribution in [-0.4, -0.2) is 19.6 Å². The Hall–Kier alpha value is -1.51. The highest BCUT2D eigenvalue weighted by Gasteiger charge is 2.02. The summed E-state index contributed by atoms with van der Waals surface area (Å²) in [5, 5.41) is 2.56. The molecule has 0 spiro atoms. The lowest BCUT2D eigenvalue weighted by Crippen LogP contribution is -2.20. The van der Waals surface area contributed by atoms with E-state index in [1.54, 1.807) is 7.05 Å². The Kier molecular flexibility index (Phi) is 4.68. The molecule has 0 aliphatic rings. The van der Waals surface area contributed by atoms with Crippen molar-refractivity contribution in [2.75, 3.05) is 13.7 Å². The second-order valence-corrected chi connectivity index (χ2v) is 3.23. The number of aryl methyl sites for hydroxylation is 1. The molecule has 3 nitrogen and oxygen atoms in total. The molecule has 1 N–H and O–H groups in total. The van der Waals surface area contributed by atoms with E-state index in [-0.39, 0.29) is 5.91 Å². The molecule has 0 atom stereocenters. The van der Waals surface area contributed by atoms with Crippen LogP contribution in [0, 0.1) is 0 Å². The number of nitrogens with one attached hydrogen (secondary N) is 1. The Balaban J connectivity index is 2.46. The summed E-state index contributed by atoms with van der Waals surface area (Å²) in [6.07, 6.45) is 1.34. The van der Waals surface area contributed by atoms with Gasteiger partial charge >= 0.3 is 0 Å². The van der Waals surface area contributed by atoms with Gasteiger partial charge < -0.3 is 10.1 Å². The molecule has 82 valence electrons. The lowest BCUT2D eigenvalue weighted by molar-refractivity contribution is -0.121. The lowest BCUT2D eigenvalue weighted by atomic mass is 10.1. The van der Waals surface area contributed by atoms with E-state index in [0.717, 1.165) is 12.2 Å². The molecule has 0 radical (unpaired) electrons. The van der Waals surface area contributed by atoms with Crippen molar-refractivity contribution in [3.05, 3.63) is 29.8 Å². The van der Waals surface area contributed by atoms with Crippen molar-refractivity contribution < 1.29 is 9.53 Å². The van der Waals surface area contributed by atoms with E-state index < -0.39 is 0 Å². The minimum Gasteiger partial charge on any atom is -0.493 e. The van der Waals surface area contributed by atoms with Gasteiger partial charge in [-0.15, -0.1) is 0 Å². The Labute approximate surface area is 90.4 Å². The normalized spacial score (nSPS) is 9.73. The molecule has 0 saturated heterocycles. The minimum atomic E-state index is 0.00368. The van der Waals surface area contributed by atoms with Crippen molar-refractivity contribution in [2.24, 2.45) is 0 Å². The Bertz CT molecular complexity index is 323. The van der Waals surface area contributed by atoms with Crippen LogP contribution >= 0.6 is 0 Å². The molecule has 0 aliphatic heterocycles. The number of carbonyl (C=O) groups is 1. The van der Waals surface area contributed by atoms with Gasteiger partial charge in [-0.1, -0.05) is 25.1 Å². The van der Waals surface area contributed by atoms with E-state index >= 15 is 0 Å². The third-order valence-corrected chi connectivity index (χ3v) is 2.22. The van der Waals surface area contributed by atoms with Gasteiger partial charge in [-0.05, 0) is 18.1 Å². The van der Waals surface area contributed by atoms with Crippen molar-refractivity contribution in [1.82, 2.24) is 5.32 Å². The van der Waals surface area contributed by atoms with Gasteiger partial charge in [0.15, 0.2) is 0 Å². The van der Waals surface area contributed by atoms with Gasteiger partial charge in [0.05, 0.1) is 13.0 Å². The lowest BCUT2D eigenvalue weighted by Gasteiger charge is -2.09. The van der Waals surface area contributed by atoms with E-state index in [1.807, 2.05) is 24.3 Å². The molecule has 0 aromatic heterocycles. The summed E-state index contributed by atoms with van der Waals surface area (Å²) in [6.45, 7) is 2.51. The second-order valence-electron chi connectivity index (χ2n) is 3.23. The fourth-order valence-corrected chi connectivity index (χ4v) is 1.32. The number of rotatable bonds is 5. The fourth-order valence-electron chi connectivity index (χ4n) is 1.32. The van der Waals surface area contributed by atoms with E-state index in [1.165, 1.54) is 5.56 Å². The first-order valence-electron chi connectivity index (χ1n) is 5.19. The van der Waals surface area contributed by atoms with Crippen LogP contribution in [-0.2, 0) is 11.2 Å². The molecule has 3 heteroatoms. The van der Waals surface area contributed by atoms with Crippen molar-refractivity contribution in [1.29, 1.82) is 0 Å². The van der Waals surface area contributed by atoms with Crippen molar-refractivity contribution >= 4 is 5.91 Å². The van der Waals surface area contributed by atoms with Crippen LogP contribution in [0.1, 0.15) is 18.9 Å². The van der Waals surface area contributed by atoms with Crippen LogP contribution in [0.2, 0.25) is 0 Å². The number of para-hydroxylation sites is 1. The smallest absolute Gasteiger partial charge is 0.223 e. The summed E-state index contributed by atoms with van der Waals surface area (Å²) in [5.41, 5.74) is 1.18. The predicted molar refractivity (Wildman–Crippen MR) is 60.0 cm³/mol. The largest absolute Gasteiger partial charge is 0.493 e. The van der Waals surface area contributed by atoms with Crippen LogP contribution in [0.5, 0.6) is 5.75 Å². The third kappa shape index (κ3) is 3.62. The number of hydrogen-bond donors (Lipinski definition) is 1. The molecule has 1 aromatic rings. The predicted octanol–water partition coefficient (Wildman–Crippen LogP) is 1.76. The first kappa shape index (κ1) is 11.6. The van der Waals surface area contributed by atoms with Gasteiger partial charge in [-0.25, -0.2) is 0 Å². The molecular weight excluding hydrogens is 190 g/mol. The van der Waals surface area contributed by atoms with Gasteiger partial charge in [-0.3, -0.25) is 4.79 Å². The second kappa shape index (κ2) is 6.06. The van der Waals surface area contributed by atoms with Gasteiger partial charge in [0.2, 0.25) is 5.91 Å². The molecule has 15 heavy (non-hydrogen) atoms. The Morgan fingerprint density at radius 3 is 2.80 bits per heavy atom. The molecule has 1 aromatic carbocycles. The van der Waals surface area contributed by atoms with Crippen molar-refractivity contribution in [2.45, 2.75) is 19.8 Å². The van der Waals surface area contributed by atoms with Crippen LogP contribution in [0.15, 0.2) is 24.3 Å². The van der Waals surface area contributed by atoms with Crippen LogP contribution in [0.3, 0.4) is 0 Å². The van der Waals surface area contributed by atoms with Crippen LogP contribution in [0.25, 0.3) is 0 Å². The number of hydrogen-bond acceptors (Lipinski definition) is 2. The van der Waals surface area contributed by atoms with Crippen LogP contribution < -0.4 is 10.1 Å². The standard InChI is InChI=1S/C12H17NO2/c1-3-10-6-4-5-7-11(10)15-9-8-12(14)13-2/h4-7H,3,8-9H2,1-2H3,(H,13,14). The number of ether oxygens (including phenoxy) is 1. The zero-order chi connectivity index (χ0) is 11.1. The number of benzene rings is 1. The zero-order valence-electron chi connectivity index (χ0n) is 9.25. The SMILES string of the molecule is CCc1ccccc1OCCC(=O)NC. The molecule has 0 aliphatic carbocycles. The quantitative estimate of drug-likeness (QED) is 0.799. The maximum Gasteiger partial charge on any atom is 0.223 e. The van der Waals surface area contributed by atoms with Gasteiger partial charge in [0.1, 0.15) is 5.75 Å². The third-order valence-electron chi connectivity index (χ3n) is 2.22. The molecule has 0 saturated carbocycles. The molecular formula is C12H17NO2. The average Bonchev–Trinajstić information content (AvgIpc) is 2.29. The van der Waals surface area contributed by atoms with Gasteiger partial charge in [0.25, 0.3) is 0 Å². The van der Waals surface area contributed by atoms with E-state index in [2.05, 4.69) is 12.2 Å². The zero-order valence-corrected chi connectivity index (χ0v) is 9.25. The topological polar surface area (TPSA) is 38.3 Å². The molecule has 1 rings (SSSR count). The summed E-state index contributed by atoms with van der Waals surface area (Å²) in [7, 11) is 1.63. The highest BCUT2D eigenvalue weighted by Crippen LogP contribution is 2.18. The maximum atomic E-state index is 11.0. The molecule has 0 unspecified atom stereocenters. The molecule has 1 amide bonds. The highest BCUT2D eigenvalue weighted by molar-refractivity contribution is 5.75. The summed E-state index contributed by atoms with van der Waals surface area (Å²) >= 11 is 0. The van der Waals surface area contributed by atoms with E-state index in [9.17, 15) is 4.79 Å². The average molecular weight is 207 g/mol. The first-order valence-corrected chi connectivity index (χ1v) is 5.19. The Morgan fingerprint density at radius 2 is 2.13 bits per heavy atom. The van der Waals surface area contributed by atoms with Crippen molar-refractivity contribution in [3.8, 4) is 5.75 Å². The van der Waals surface area contributed by atoms with Gasteiger partial charge in [0, 0.05) is 7.05 Å². The summed E-state index contributed by atoms with van der Waals surface area (Å²) in [6, 6.07) is 7.90. The van der Waals surface area contributed by atoms with Crippen molar-refractivity contribution in [3.63, 3.8) is 0 Å². The summed E-state index contributed by atoms with van der Waals surface area (Å²) in [4.78, 5) is 11.0. The maximum absolute atomic E-state index is 11.0. The highest BCUT2D eigenvalue weighted by atomic mass is 16.5. The summed E-state index contributed by atoms with van der Waals surface area (Å²) < 4.78 is 5.54. The van der Waals surface area contributed by atoms with Gasteiger partial charge in [-0.2, -0.15) is 0 Å². The number of amides is 1. The monoisotopic (exact) mass is 207 g/mol. The molecule has 0 fully saturated rings. The molecule has 0 heterocycles. The fraction of sp³-hybridized carbons (Fsp3) is 0.417. The minimum absolute atomic E-state index is 0.00368. The number of carbonyl (C=O) groups excluding carboxylic acids is 1. The van der Waals surface area contributed by atoms with E-state index in [4.69, 9.17) is 4.74 Å². The summed E-state index contributed by atoms with van der Waals surface area (Å²) in [5.74, 6) is 0.882. The van der Waals surface area contributed by atoms with Crippen LogP contribution in [0.4, 0.5) is 0 Å². The Morgan fingerprint density at radius 1 is 1.40 bits per heavy atom.